The minimum atomic E-state index is 0.567. The highest BCUT2D eigenvalue weighted by Crippen LogP contribution is 2.22. The SMILES string of the molecule is CCCc1nc(Br)cc(Nc2ccccc2COC)n1. The summed E-state index contributed by atoms with van der Waals surface area (Å²) in [4.78, 5) is 8.89. The van der Waals surface area contributed by atoms with E-state index in [2.05, 4.69) is 38.1 Å². The van der Waals surface area contributed by atoms with Gasteiger partial charge in [0.15, 0.2) is 0 Å². The van der Waals surface area contributed by atoms with Crippen molar-refractivity contribution < 1.29 is 4.74 Å². The second-order valence-corrected chi connectivity index (χ2v) is 5.27. The van der Waals surface area contributed by atoms with E-state index in [1.807, 2.05) is 30.3 Å². The number of rotatable bonds is 6. The molecule has 1 aromatic heterocycles. The van der Waals surface area contributed by atoms with Gasteiger partial charge in [0.05, 0.1) is 6.61 Å². The number of anilines is 2. The Labute approximate surface area is 127 Å². The van der Waals surface area contributed by atoms with Gasteiger partial charge in [0, 0.05) is 30.8 Å². The Morgan fingerprint density at radius 2 is 2.05 bits per heavy atom. The van der Waals surface area contributed by atoms with Gasteiger partial charge >= 0.3 is 0 Å². The minimum Gasteiger partial charge on any atom is -0.380 e. The van der Waals surface area contributed by atoms with Gasteiger partial charge in [-0.15, -0.1) is 0 Å². The zero-order chi connectivity index (χ0) is 14.4. The summed E-state index contributed by atoms with van der Waals surface area (Å²) in [6.45, 7) is 2.68. The van der Waals surface area contributed by atoms with E-state index in [-0.39, 0.29) is 0 Å². The molecule has 5 heteroatoms. The van der Waals surface area contributed by atoms with E-state index in [4.69, 9.17) is 4.74 Å². The standard InChI is InChI=1S/C15H18BrN3O/c1-3-6-14-18-13(16)9-15(19-14)17-12-8-5-4-7-11(12)10-20-2/h4-5,7-9H,3,6,10H2,1-2H3,(H,17,18,19). The van der Waals surface area contributed by atoms with E-state index < -0.39 is 0 Å². The molecule has 0 saturated carbocycles. The molecular formula is C15H18BrN3O. The number of hydrogen-bond acceptors (Lipinski definition) is 4. The van der Waals surface area contributed by atoms with Crippen LogP contribution in [0.1, 0.15) is 24.7 Å². The topological polar surface area (TPSA) is 47.0 Å². The van der Waals surface area contributed by atoms with Crippen molar-refractivity contribution in [3.8, 4) is 0 Å². The van der Waals surface area contributed by atoms with Crippen LogP contribution < -0.4 is 5.32 Å². The summed E-state index contributed by atoms with van der Waals surface area (Å²) >= 11 is 3.43. The van der Waals surface area contributed by atoms with Crippen LogP contribution in [0.2, 0.25) is 0 Å². The molecule has 0 atom stereocenters. The molecular weight excluding hydrogens is 318 g/mol. The molecule has 0 radical (unpaired) electrons. The average Bonchev–Trinajstić information content (AvgIpc) is 2.41. The van der Waals surface area contributed by atoms with Gasteiger partial charge in [0.2, 0.25) is 0 Å². The number of nitrogens with zero attached hydrogens (tertiary/aromatic N) is 2. The summed E-state index contributed by atoms with van der Waals surface area (Å²) in [5, 5.41) is 3.34. The number of ether oxygens (including phenoxy) is 1. The molecule has 0 amide bonds. The number of para-hydroxylation sites is 1. The van der Waals surface area contributed by atoms with Gasteiger partial charge < -0.3 is 10.1 Å². The number of benzene rings is 1. The summed E-state index contributed by atoms with van der Waals surface area (Å²) in [7, 11) is 1.69. The highest BCUT2D eigenvalue weighted by atomic mass is 79.9. The molecule has 106 valence electrons. The molecule has 0 bridgehead atoms. The van der Waals surface area contributed by atoms with Crippen LogP contribution in [-0.4, -0.2) is 17.1 Å². The van der Waals surface area contributed by atoms with Crippen molar-refractivity contribution in [2.45, 2.75) is 26.4 Å². The number of aryl methyl sites for hydroxylation is 1. The Balaban J connectivity index is 2.25. The first-order chi connectivity index (χ1) is 9.72. The molecule has 0 saturated heterocycles. The van der Waals surface area contributed by atoms with Gasteiger partial charge in [-0.2, -0.15) is 0 Å². The first-order valence-corrected chi connectivity index (χ1v) is 7.39. The summed E-state index contributed by atoms with van der Waals surface area (Å²) in [6.07, 6.45) is 1.89. The smallest absolute Gasteiger partial charge is 0.135 e. The zero-order valence-corrected chi connectivity index (χ0v) is 13.3. The van der Waals surface area contributed by atoms with Crippen molar-refractivity contribution in [3.05, 3.63) is 46.3 Å². The number of aromatic nitrogens is 2. The van der Waals surface area contributed by atoms with E-state index >= 15 is 0 Å². The quantitative estimate of drug-likeness (QED) is 0.808. The van der Waals surface area contributed by atoms with Gasteiger partial charge in [-0.25, -0.2) is 9.97 Å². The maximum Gasteiger partial charge on any atom is 0.135 e. The monoisotopic (exact) mass is 335 g/mol. The lowest BCUT2D eigenvalue weighted by Gasteiger charge is -2.11. The third kappa shape index (κ3) is 4.02. The van der Waals surface area contributed by atoms with Crippen LogP contribution in [0.25, 0.3) is 0 Å². The third-order valence-electron chi connectivity index (χ3n) is 2.79. The van der Waals surface area contributed by atoms with E-state index in [0.717, 1.165) is 40.3 Å². The fourth-order valence-corrected chi connectivity index (χ4v) is 2.35. The predicted molar refractivity (Wildman–Crippen MR) is 84.2 cm³/mol. The molecule has 0 aliphatic heterocycles. The van der Waals surface area contributed by atoms with E-state index in [0.29, 0.717) is 6.61 Å². The number of nitrogens with one attached hydrogen (secondary N) is 1. The Hall–Kier alpha value is -1.46. The van der Waals surface area contributed by atoms with Crippen LogP contribution >= 0.6 is 15.9 Å². The summed E-state index contributed by atoms with van der Waals surface area (Å²) in [6, 6.07) is 9.92. The molecule has 0 aliphatic carbocycles. The average molecular weight is 336 g/mol. The molecule has 2 rings (SSSR count). The lowest BCUT2D eigenvalue weighted by molar-refractivity contribution is 0.185. The zero-order valence-electron chi connectivity index (χ0n) is 11.7. The summed E-state index contributed by atoms with van der Waals surface area (Å²) in [5.41, 5.74) is 2.10. The molecule has 0 aliphatic rings. The molecule has 4 nitrogen and oxygen atoms in total. The van der Waals surface area contributed by atoms with Gasteiger partial charge in [-0.1, -0.05) is 25.1 Å². The van der Waals surface area contributed by atoms with Gasteiger partial charge in [0.1, 0.15) is 16.2 Å². The fraction of sp³-hybridized carbons (Fsp3) is 0.333. The highest BCUT2D eigenvalue weighted by Gasteiger charge is 2.06. The second-order valence-electron chi connectivity index (χ2n) is 4.46. The van der Waals surface area contributed by atoms with E-state index in [1.54, 1.807) is 7.11 Å². The highest BCUT2D eigenvalue weighted by molar-refractivity contribution is 9.10. The van der Waals surface area contributed by atoms with Gasteiger partial charge in [-0.3, -0.25) is 0 Å². The van der Waals surface area contributed by atoms with Crippen molar-refractivity contribution >= 4 is 27.4 Å². The van der Waals surface area contributed by atoms with Crippen molar-refractivity contribution in [3.63, 3.8) is 0 Å². The predicted octanol–water partition coefficient (Wildman–Crippen LogP) is 4.08. The normalized spacial score (nSPS) is 10.6. The van der Waals surface area contributed by atoms with Crippen molar-refractivity contribution in [2.75, 3.05) is 12.4 Å². The molecule has 1 aromatic carbocycles. The van der Waals surface area contributed by atoms with E-state index in [1.165, 1.54) is 0 Å². The maximum atomic E-state index is 5.21. The third-order valence-corrected chi connectivity index (χ3v) is 3.20. The number of methoxy groups -OCH3 is 1. The molecule has 0 spiro atoms. The van der Waals surface area contributed by atoms with Crippen LogP contribution in [0.3, 0.4) is 0 Å². The van der Waals surface area contributed by atoms with Crippen LogP contribution in [-0.2, 0) is 17.8 Å². The van der Waals surface area contributed by atoms with Crippen molar-refractivity contribution in [1.29, 1.82) is 0 Å². The first-order valence-electron chi connectivity index (χ1n) is 6.60. The van der Waals surface area contributed by atoms with Crippen LogP contribution in [0, 0.1) is 0 Å². The van der Waals surface area contributed by atoms with Gasteiger partial charge in [0.25, 0.3) is 0 Å². The van der Waals surface area contributed by atoms with Crippen LogP contribution in [0.5, 0.6) is 0 Å². The molecule has 20 heavy (non-hydrogen) atoms. The Bertz CT molecular complexity index is 575. The number of halogens is 1. The molecule has 2 aromatic rings. The Morgan fingerprint density at radius 1 is 1.25 bits per heavy atom. The second kappa shape index (κ2) is 7.36. The minimum absolute atomic E-state index is 0.567. The summed E-state index contributed by atoms with van der Waals surface area (Å²) < 4.78 is 6.00. The molecule has 0 fully saturated rings. The molecule has 0 unspecified atom stereocenters. The van der Waals surface area contributed by atoms with Gasteiger partial charge in [-0.05, 0) is 28.4 Å². The first kappa shape index (κ1) is 14.9. The number of hydrogen-bond donors (Lipinski definition) is 1. The van der Waals surface area contributed by atoms with Crippen molar-refractivity contribution in [2.24, 2.45) is 0 Å². The lowest BCUT2D eigenvalue weighted by Crippen LogP contribution is -2.02. The summed E-state index contributed by atoms with van der Waals surface area (Å²) in [5.74, 6) is 1.63. The largest absolute Gasteiger partial charge is 0.380 e. The van der Waals surface area contributed by atoms with Crippen molar-refractivity contribution in [1.82, 2.24) is 9.97 Å². The van der Waals surface area contributed by atoms with Crippen LogP contribution in [0.4, 0.5) is 11.5 Å². The fourth-order valence-electron chi connectivity index (χ4n) is 1.93. The Morgan fingerprint density at radius 3 is 2.80 bits per heavy atom. The maximum absolute atomic E-state index is 5.21. The van der Waals surface area contributed by atoms with E-state index in [9.17, 15) is 0 Å². The molecule has 1 N–H and O–H groups in total. The van der Waals surface area contributed by atoms with Crippen LogP contribution in [0.15, 0.2) is 34.9 Å². The molecule has 1 heterocycles. The Kier molecular flexibility index (Phi) is 5.49. The lowest BCUT2D eigenvalue weighted by atomic mass is 10.2.